The van der Waals surface area contributed by atoms with Gasteiger partial charge in [-0.2, -0.15) is 0 Å². The van der Waals surface area contributed by atoms with E-state index in [0.29, 0.717) is 5.92 Å². The van der Waals surface area contributed by atoms with Gasteiger partial charge in [0.2, 0.25) is 10.9 Å². The Morgan fingerprint density at radius 1 is 1.19 bits per heavy atom. The van der Waals surface area contributed by atoms with Gasteiger partial charge in [0.25, 0.3) is 0 Å². The van der Waals surface area contributed by atoms with Crippen LogP contribution in [0.2, 0.25) is 0 Å². The van der Waals surface area contributed by atoms with Crippen LogP contribution in [-0.4, -0.2) is 26.3 Å². The Morgan fingerprint density at radius 3 is 2.88 bits per heavy atom. The number of para-hydroxylation sites is 1. The van der Waals surface area contributed by atoms with Crippen molar-refractivity contribution in [3.63, 3.8) is 0 Å². The summed E-state index contributed by atoms with van der Waals surface area (Å²) < 4.78 is 3.17. The van der Waals surface area contributed by atoms with E-state index in [1.807, 2.05) is 40.8 Å². The van der Waals surface area contributed by atoms with Crippen LogP contribution < -0.4 is 5.32 Å². The molecule has 1 amide bonds. The number of nitrogens with one attached hydrogen (secondary N) is 1. The Labute approximate surface area is 159 Å². The first-order valence-corrected chi connectivity index (χ1v) is 10.2. The molecule has 4 rings (SSSR count). The Bertz CT molecular complexity index is 1080. The van der Waals surface area contributed by atoms with Crippen molar-refractivity contribution in [1.82, 2.24) is 14.6 Å². The largest absolute Gasteiger partial charge is 0.325 e. The van der Waals surface area contributed by atoms with Gasteiger partial charge in [-0.05, 0) is 35.7 Å². The highest BCUT2D eigenvalue weighted by Crippen LogP contribution is 2.29. The standard InChI is InChI=1S/C19H18N4OS2/c1-12(2)13-6-5-7-14(10-13)20-17(24)11-25-18-21-22-19-23(18)15-8-3-4-9-16(15)26-19/h3-10,12H,11H2,1-2H3,(H,20,24). The Morgan fingerprint density at radius 2 is 2.04 bits per heavy atom. The number of thioether (sulfide) groups is 1. The molecule has 2 aromatic carbocycles. The van der Waals surface area contributed by atoms with Crippen molar-refractivity contribution in [1.29, 1.82) is 0 Å². The molecule has 0 saturated heterocycles. The molecule has 0 aliphatic carbocycles. The predicted octanol–water partition coefficient (Wildman–Crippen LogP) is 4.80. The van der Waals surface area contributed by atoms with Crippen molar-refractivity contribution < 1.29 is 4.79 Å². The second kappa shape index (κ2) is 7.09. The molecule has 0 spiro atoms. The SMILES string of the molecule is CC(C)c1cccc(NC(=O)CSc2nnc3sc4ccccc4n23)c1. The van der Waals surface area contributed by atoms with Gasteiger partial charge in [-0.25, -0.2) is 0 Å². The summed E-state index contributed by atoms with van der Waals surface area (Å²) in [6.07, 6.45) is 0. The molecule has 7 heteroatoms. The lowest BCUT2D eigenvalue weighted by Gasteiger charge is -2.09. The van der Waals surface area contributed by atoms with E-state index in [2.05, 4.69) is 41.5 Å². The molecule has 1 N–H and O–H groups in total. The number of amides is 1. The molecule has 0 fully saturated rings. The van der Waals surface area contributed by atoms with Gasteiger partial charge < -0.3 is 5.32 Å². The van der Waals surface area contributed by atoms with Gasteiger partial charge in [0.05, 0.1) is 16.0 Å². The van der Waals surface area contributed by atoms with E-state index < -0.39 is 0 Å². The number of benzene rings is 2. The van der Waals surface area contributed by atoms with Gasteiger partial charge in [0.15, 0.2) is 5.16 Å². The van der Waals surface area contributed by atoms with E-state index in [4.69, 9.17) is 0 Å². The number of hydrogen-bond acceptors (Lipinski definition) is 5. The maximum Gasteiger partial charge on any atom is 0.234 e. The molecule has 0 unspecified atom stereocenters. The highest BCUT2D eigenvalue weighted by molar-refractivity contribution is 7.99. The second-order valence-corrected chi connectivity index (χ2v) is 8.24. The fourth-order valence-electron chi connectivity index (χ4n) is 2.75. The van der Waals surface area contributed by atoms with Gasteiger partial charge in [-0.3, -0.25) is 9.20 Å². The zero-order valence-corrected chi connectivity index (χ0v) is 16.1. The molecule has 0 atom stereocenters. The quantitative estimate of drug-likeness (QED) is 0.504. The van der Waals surface area contributed by atoms with Gasteiger partial charge in [0.1, 0.15) is 0 Å². The molecule has 0 saturated carbocycles. The van der Waals surface area contributed by atoms with E-state index in [-0.39, 0.29) is 11.7 Å². The second-order valence-electron chi connectivity index (χ2n) is 6.29. The van der Waals surface area contributed by atoms with Crippen molar-refractivity contribution in [2.45, 2.75) is 24.9 Å². The highest BCUT2D eigenvalue weighted by atomic mass is 32.2. The normalized spacial score (nSPS) is 11.5. The summed E-state index contributed by atoms with van der Waals surface area (Å²) in [6.45, 7) is 4.27. The number of thiazole rings is 1. The van der Waals surface area contributed by atoms with Crippen LogP contribution in [0.3, 0.4) is 0 Å². The number of aromatic nitrogens is 3. The summed E-state index contributed by atoms with van der Waals surface area (Å²) in [7, 11) is 0. The summed E-state index contributed by atoms with van der Waals surface area (Å²) in [6, 6.07) is 16.1. The number of carbonyl (C=O) groups is 1. The number of hydrogen-bond donors (Lipinski definition) is 1. The summed E-state index contributed by atoms with van der Waals surface area (Å²) in [5, 5.41) is 12.2. The highest BCUT2D eigenvalue weighted by Gasteiger charge is 2.14. The van der Waals surface area contributed by atoms with Gasteiger partial charge in [-0.15, -0.1) is 10.2 Å². The maximum absolute atomic E-state index is 12.3. The molecule has 0 aliphatic heterocycles. The van der Waals surface area contributed by atoms with E-state index in [9.17, 15) is 4.79 Å². The van der Waals surface area contributed by atoms with Crippen LogP contribution in [-0.2, 0) is 4.79 Å². The minimum atomic E-state index is -0.0489. The van der Waals surface area contributed by atoms with E-state index >= 15 is 0 Å². The van der Waals surface area contributed by atoms with Crippen molar-refractivity contribution in [3.8, 4) is 0 Å². The molecule has 5 nitrogen and oxygen atoms in total. The fraction of sp³-hybridized carbons (Fsp3) is 0.211. The summed E-state index contributed by atoms with van der Waals surface area (Å²) in [5.74, 6) is 0.668. The predicted molar refractivity (Wildman–Crippen MR) is 108 cm³/mol. The van der Waals surface area contributed by atoms with Crippen LogP contribution in [0.1, 0.15) is 25.3 Å². The summed E-state index contributed by atoms with van der Waals surface area (Å²) in [4.78, 5) is 13.2. The van der Waals surface area contributed by atoms with Gasteiger partial charge in [0, 0.05) is 5.69 Å². The van der Waals surface area contributed by atoms with E-state index in [1.54, 1.807) is 11.3 Å². The van der Waals surface area contributed by atoms with Crippen LogP contribution in [0.15, 0.2) is 53.7 Å². The zero-order valence-electron chi connectivity index (χ0n) is 14.5. The Hall–Kier alpha value is -2.38. The summed E-state index contributed by atoms with van der Waals surface area (Å²) in [5.41, 5.74) is 3.11. The number of rotatable bonds is 5. The third-order valence-corrected chi connectivity index (χ3v) is 6.02. The van der Waals surface area contributed by atoms with Crippen molar-refractivity contribution >= 4 is 49.9 Å². The first-order valence-electron chi connectivity index (χ1n) is 8.37. The Balaban J connectivity index is 1.48. The smallest absolute Gasteiger partial charge is 0.234 e. The number of carbonyl (C=O) groups excluding carboxylic acids is 1. The molecule has 0 aliphatic rings. The first-order chi connectivity index (χ1) is 12.6. The third-order valence-electron chi connectivity index (χ3n) is 4.08. The van der Waals surface area contributed by atoms with Crippen LogP contribution in [0.25, 0.3) is 15.2 Å². The average Bonchev–Trinajstić information content (AvgIpc) is 3.19. The van der Waals surface area contributed by atoms with E-state index in [1.165, 1.54) is 17.3 Å². The maximum atomic E-state index is 12.3. The molecular weight excluding hydrogens is 364 g/mol. The molecule has 0 radical (unpaired) electrons. The van der Waals surface area contributed by atoms with E-state index in [0.717, 1.165) is 26.0 Å². The molecule has 26 heavy (non-hydrogen) atoms. The number of nitrogens with zero attached hydrogens (tertiary/aromatic N) is 3. The lowest BCUT2D eigenvalue weighted by atomic mass is 10.0. The molecule has 2 aromatic heterocycles. The molecule has 4 aromatic rings. The fourth-order valence-corrected chi connectivity index (χ4v) is 4.52. The van der Waals surface area contributed by atoms with Crippen LogP contribution >= 0.6 is 23.1 Å². The lowest BCUT2D eigenvalue weighted by molar-refractivity contribution is -0.113. The molecule has 2 heterocycles. The number of anilines is 1. The topological polar surface area (TPSA) is 59.3 Å². The Kier molecular flexibility index (Phi) is 4.65. The van der Waals surface area contributed by atoms with Crippen LogP contribution in [0.5, 0.6) is 0 Å². The third kappa shape index (κ3) is 3.32. The molecule has 0 bridgehead atoms. The average molecular weight is 383 g/mol. The lowest BCUT2D eigenvalue weighted by Crippen LogP contribution is -2.14. The van der Waals surface area contributed by atoms with Crippen molar-refractivity contribution in [3.05, 3.63) is 54.1 Å². The molecule has 132 valence electrons. The molecular formula is C19H18N4OS2. The minimum absolute atomic E-state index is 0.0489. The monoisotopic (exact) mass is 382 g/mol. The zero-order chi connectivity index (χ0) is 18.1. The summed E-state index contributed by atoms with van der Waals surface area (Å²) >= 11 is 3.00. The van der Waals surface area contributed by atoms with Crippen molar-refractivity contribution in [2.24, 2.45) is 0 Å². The van der Waals surface area contributed by atoms with Crippen molar-refractivity contribution in [2.75, 3.05) is 11.1 Å². The van der Waals surface area contributed by atoms with Crippen LogP contribution in [0, 0.1) is 0 Å². The van der Waals surface area contributed by atoms with Gasteiger partial charge in [-0.1, -0.05) is 61.2 Å². The first kappa shape index (κ1) is 17.1. The minimum Gasteiger partial charge on any atom is -0.325 e. The number of fused-ring (bicyclic) bond motifs is 3. The van der Waals surface area contributed by atoms with Crippen LogP contribution in [0.4, 0.5) is 5.69 Å². The van der Waals surface area contributed by atoms with Gasteiger partial charge >= 0.3 is 0 Å².